The normalized spacial score (nSPS) is 10.0. The maximum Gasteiger partial charge on any atom is 0.377 e. The van der Waals surface area contributed by atoms with Crippen molar-refractivity contribution in [3.05, 3.63) is 40.1 Å². The lowest BCUT2D eigenvalue weighted by molar-refractivity contribution is 0.0587. The zero-order chi connectivity index (χ0) is 14.0. The van der Waals surface area contributed by atoms with Gasteiger partial charge in [-0.15, -0.1) is 5.10 Å². The zero-order valence-corrected chi connectivity index (χ0v) is 11.2. The molecule has 0 N–H and O–H groups in total. The number of nitrogens with zero attached hydrogens (tertiary/aromatic N) is 4. The van der Waals surface area contributed by atoms with E-state index in [0.717, 1.165) is 4.68 Å². The summed E-state index contributed by atoms with van der Waals surface area (Å²) < 4.78 is 19.6. The van der Waals surface area contributed by atoms with Gasteiger partial charge in [0.15, 0.2) is 5.82 Å². The third-order valence-corrected chi connectivity index (χ3v) is 3.06. The highest BCUT2D eigenvalue weighted by atomic mass is 79.9. The van der Waals surface area contributed by atoms with Crippen molar-refractivity contribution in [3.8, 4) is 11.8 Å². The first kappa shape index (κ1) is 13.2. The van der Waals surface area contributed by atoms with Crippen LogP contribution in [0.15, 0.2) is 22.9 Å². The second kappa shape index (κ2) is 5.16. The second-order valence-electron chi connectivity index (χ2n) is 3.38. The van der Waals surface area contributed by atoms with E-state index in [1.807, 2.05) is 6.07 Å². The van der Waals surface area contributed by atoms with Crippen LogP contribution < -0.4 is 0 Å². The van der Waals surface area contributed by atoms with Gasteiger partial charge in [-0.3, -0.25) is 0 Å². The molecule has 0 fully saturated rings. The number of carbonyl (C=O) groups excluding carboxylic acids is 1. The Balaban J connectivity index is 2.49. The van der Waals surface area contributed by atoms with Crippen molar-refractivity contribution in [2.45, 2.75) is 0 Å². The van der Waals surface area contributed by atoms with Gasteiger partial charge in [0, 0.05) is 0 Å². The minimum absolute atomic E-state index is 0.0302. The van der Waals surface area contributed by atoms with Crippen LogP contribution in [0.1, 0.15) is 16.2 Å². The molecule has 8 heteroatoms. The van der Waals surface area contributed by atoms with E-state index in [-0.39, 0.29) is 21.5 Å². The maximum absolute atomic E-state index is 14.0. The summed E-state index contributed by atoms with van der Waals surface area (Å²) >= 11 is 2.99. The van der Waals surface area contributed by atoms with Gasteiger partial charge < -0.3 is 4.74 Å². The number of benzene rings is 1. The van der Waals surface area contributed by atoms with E-state index in [1.165, 1.54) is 25.6 Å². The van der Waals surface area contributed by atoms with E-state index in [4.69, 9.17) is 5.26 Å². The molecule has 0 aliphatic heterocycles. The SMILES string of the molecule is COC(=O)c1ncn(-c2ccc(C#N)c(Br)c2F)n1. The summed E-state index contributed by atoms with van der Waals surface area (Å²) in [5.74, 6) is -1.56. The van der Waals surface area contributed by atoms with E-state index >= 15 is 0 Å². The lowest BCUT2D eigenvalue weighted by atomic mass is 10.2. The largest absolute Gasteiger partial charge is 0.463 e. The van der Waals surface area contributed by atoms with Gasteiger partial charge in [-0.25, -0.2) is 18.9 Å². The van der Waals surface area contributed by atoms with Gasteiger partial charge in [0.1, 0.15) is 18.1 Å². The van der Waals surface area contributed by atoms with E-state index in [9.17, 15) is 9.18 Å². The summed E-state index contributed by atoms with van der Waals surface area (Å²) in [6.07, 6.45) is 1.18. The smallest absolute Gasteiger partial charge is 0.377 e. The number of esters is 1. The van der Waals surface area contributed by atoms with Crippen molar-refractivity contribution < 1.29 is 13.9 Å². The van der Waals surface area contributed by atoms with Gasteiger partial charge in [-0.1, -0.05) is 0 Å². The first-order valence-corrected chi connectivity index (χ1v) is 5.76. The lowest BCUT2D eigenvalue weighted by Gasteiger charge is -2.04. The molecule has 96 valence electrons. The van der Waals surface area contributed by atoms with E-state index in [0.29, 0.717) is 0 Å². The predicted molar refractivity (Wildman–Crippen MR) is 65.1 cm³/mol. The van der Waals surface area contributed by atoms with E-state index < -0.39 is 11.8 Å². The lowest BCUT2D eigenvalue weighted by Crippen LogP contribution is -2.06. The van der Waals surface area contributed by atoms with Crippen LogP contribution in [-0.4, -0.2) is 27.8 Å². The van der Waals surface area contributed by atoms with E-state index in [1.54, 1.807) is 0 Å². The Labute approximate surface area is 115 Å². The average Bonchev–Trinajstić information content (AvgIpc) is 2.90. The minimum atomic E-state index is -0.716. The quantitative estimate of drug-likeness (QED) is 0.787. The molecule has 0 aliphatic carbocycles. The number of hydrogen-bond donors (Lipinski definition) is 0. The van der Waals surface area contributed by atoms with Crippen molar-refractivity contribution in [1.82, 2.24) is 14.8 Å². The van der Waals surface area contributed by atoms with Crippen LogP contribution in [0, 0.1) is 17.1 Å². The van der Waals surface area contributed by atoms with E-state index in [2.05, 4.69) is 30.7 Å². The van der Waals surface area contributed by atoms with Gasteiger partial charge in [-0.2, -0.15) is 5.26 Å². The molecule has 0 amide bonds. The Morgan fingerprint density at radius 1 is 1.58 bits per heavy atom. The Bertz CT molecular complexity index is 692. The Kier molecular flexibility index (Phi) is 3.57. The number of aromatic nitrogens is 3. The first-order chi connectivity index (χ1) is 9.08. The highest BCUT2D eigenvalue weighted by Crippen LogP contribution is 2.25. The molecule has 0 aliphatic rings. The molecular weight excluding hydrogens is 319 g/mol. The number of methoxy groups -OCH3 is 1. The molecule has 2 rings (SSSR count). The Morgan fingerprint density at radius 2 is 2.32 bits per heavy atom. The van der Waals surface area contributed by atoms with Crippen molar-refractivity contribution in [2.24, 2.45) is 0 Å². The predicted octanol–water partition coefficient (Wildman–Crippen LogP) is 1.83. The second-order valence-corrected chi connectivity index (χ2v) is 4.17. The molecule has 2 aromatic rings. The van der Waals surface area contributed by atoms with Gasteiger partial charge in [0.25, 0.3) is 5.82 Å². The van der Waals surface area contributed by atoms with Crippen LogP contribution in [0.5, 0.6) is 0 Å². The Morgan fingerprint density at radius 3 is 2.95 bits per heavy atom. The summed E-state index contributed by atoms with van der Waals surface area (Å²) in [4.78, 5) is 14.9. The molecule has 0 saturated carbocycles. The molecule has 0 bridgehead atoms. The third-order valence-electron chi connectivity index (χ3n) is 2.29. The van der Waals surface area contributed by atoms with Gasteiger partial charge in [0.05, 0.1) is 17.1 Å². The van der Waals surface area contributed by atoms with Crippen molar-refractivity contribution in [1.29, 1.82) is 5.26 Å². The van der Waals surface area contributed by atoms with Crippen LogP contribution >= 0.6 is 15.9 Å². The fourth-order valence-electron chi connectivity index (χ4n) is 1.37. The summed E-state index contributed by atoms with van der Waals surface area (Å²) in [6, 6.07) is 4.64. The average molecular weight is 325 g/mol. The fraction of sp³-hybridized carbons (Fsp3) is 0.0909. The number of carbonyl (C=O) groups is 1. The number of hydrogen-bond acceptors (Lipinski definition) is 5. The van der Waals surface area contributed by atoms with Gasteiger partial charge in [-0.05, 0) is 28.1 Å². The molecule has 0 atom stereocenters. The molecule has 0 saturated heterocycles. The summed E-state index contributed by atoms with van der Waals surface area (Å²) in [6.45, 7) is 0. The Hall–Kier alpha value is -2.27. The molecule has 0 radical (unpaired) electrons. The van der Waals surface area contributed by atoms with Crippen LogP contribution in [0.3, 0.4) is 0 Å². The van der Waals surface area contributed by atoms with Gasteiger partial charge >= 0.3 is 5.97 Å². The maximum atomic E-state index is 14.0. The van der Waals surface area contributed by atoms with Gasteiger partial charge in [0.2, 0.25) is 0 Å². The highest BCUT2D eigenvalue weighted by Gasteiger charge is 2.16. The molecule has 1 aromatic carbocycles. The third kappa shape index (κ3) is 2.32. The summed E-state index contributed by atoms with van der Waals surface area (Å²) in [7, 11) is 1.20. The highest BCUT2D eigenvalue weighted by molar-refractivity contribution is 9.10. The number of halogens is 2. The molecule has 6 nitrogen and oxygen atoms in total. The van der Waals surface area contributed by atoms with Crippen molar-refractivity contribution in [3.63, 3.8) is 0 Å². The van der Waals surface area contributed by atoms with Crippen LogP contribution in [0.4, 0.5) is 4.39 Å². The van der Waals surface area contributed by atoms with Crippen LogP contribution in [-0.2, 0) is 4.74 Å². The van der Waals surface area contributed by atoms with Crippen LogP contribution in [0.2, 0.25) is 0 Å². The summed E-state index contributed by atoms with van der Waals surface area (Å²) in [5.41, 5.74) is 0.225. The molecule has 1 aromatic heterocycles. The standard InChI is InChI=1S/C11H6BrFN4O2/c1-19-11(18)10-15-5-17(16-10)7-3-2-6(4-14)8(12)9(7)13/h2-3,5H,1H3. The summed E-state index contributed by atoms with van der Waals surface area (Å²) in [5, 5.41) is 12.6. The first-order valence-electron chi connectivity index (χ1n) is 4.97. The molecule has 19 heavy (non-hydrogen) atoms. The van der Waals surface area contributed by atoms with Crippen molar-refractivity contribution in [2.75, 3.05) is 7.11 Å². The van der Waals surface area contributed by atoms with Crippen molar-refractivity contribution >= 4 is 21.9 Å². The molecular formula is C11H6BrFN4O2. The molecule has 0 spiro atoms. The topological polar surface area (TPSA) is 80.8 Å². The number of rotatable bonds is 2. The number of nitriles is 1. The minimum Gasteiger partial charge on any atom is -0.463 e. The fourth-order valence-corrected chi connectivity index (χ4v) is 1.79. The zero-order valence-electron chi connectivity index (χ0n) is 9.59. The van der Waals surface area contributed by atoms with Crippen LogP contribution in [0.25, 0.3) is 5.69 Å². The monoisotopic (exact) mass is 324 g/mol. The molecule has 0 unspecified atom stereocenters. The number of ether oxygens (including phenoxy) is 1. The molecule has 1 heterocycles.